The molecule has 1 heterocycles. The molecular weight excluding hydrogens is 468 g/mol. The zero-order valence-corrected chi connectivity index (χ0v) is 21.9. The van der Waals surface area contributed by atoms with Crippen LogP contribution in [0.3, 0.4) is 0 Å². The monoisotopic (exact) mass is 502 g/mol. The SMILES string of the molecule is CCC(=O)ONC(=O)c1ccc(NC(CC(C)C)c2ccc(-c3ccc(C(=O)N(C)C)cc3)cc2)nc1. The first kappa shape index (κ1) is 27.4. The second-order valence-electron chi connectivity index (χ2n) is 9.42. The fourth-order valence-electron chi connectivity index (χ4n) is 3.75. The van der Waals surface area contributed by atoms with Gasteiger partial charge in [0.2, 0.25) is 0 Å². The van der Waals surface area contributed by atoms with Crippen molar-refractivity contribution in [2.24, 2.45) is 5.92 Å². The van der Waals surface area contributed by atoms with Crippen LogP contribution in [-0.2, 0) is 9.63 Å². The van der Waals surface area contributed by atoms with E-state index >= 15 is 0 Å². The lowest BCUT2D eigenvalue weighted by Crippen LogP contribution is -2.26. The van der Waals surface area contributed by atoms with Crippen LogP contribution in [0.1, 0.15) is 65.9 Å². The molecule has 0 bridgehead atoms. The highest BCUT2D eigenvalue weighted by atomic mass is 16.7. The molecule has 3 aromatic rings. The zero-order chi connectivity index (χ0) is 26.9. The van der Waals surface area contributed by atoms with Gasteiger partial charge in [0.05, 0.1) is 11.6 Å². The minimum absolute atomic E-state index is 0.0202. The standard InChI is InChI=1S/C29H34N4O4/c1-6-27(34)37-32-28(35)24-15-16-26(30-18-24)31-25(17-19(2)3)22-11-7-20(8-12-22)21-9-13-23(14-10-21)29(36)33(4)5/h7-16,18-19,25H,6,17H2,1-5H3,(H,30,31)(H,32,35). The Bertz CT molecular complexity index is 1200. The van der Waals surface area contributed by atoms with Crippen molar-refractivity contribution in [3.8, 4) is 11.1 Å². The van der Waals surface area contributed by atoms with Crippen molar-refractivity contribution in [1.29, 1.82) is 0 Å². The van der Waals surface area contributed by atoms with Gasteiger partial charge in [-0.25, -0.2) is 9.78 Å². The highest BCUT2D eigenvalue weighted by Gasteiger charge is 2.16. The van der Waals surface area contributed by atoms with Crippen LogP contribution in [0, 0.1) is 5.92 Å². The van der Waals surface area contributed by atoms with Gasteiger partial charge in [0.1, 0.15) is 5.82 Å². The first-order valence-corrected chi connectivity index (χ1v) is 12.3. The Labute approximate surface area is 218 Å². The van der Waals surface area contributed by atoms with E-state index in [0.29, 0.717) is 17.3 Å². The second-order valence-corrected chi connectivity index (χ2v) is 9.42. The molecule has 2 aromatic carbocycles. The molecule has 194 valence electrons. The summed E-state index contributed by atoms with van der Waals surface area (Å²) in [4.78, 5) is 46.1. The zero-order valence-electron chi connectivity index (χ0n) is 21.9. The van der Waals surface area contributed by atoms with Crippen molar-refractivity contribution in [3.63, 3.8) is 0 Å². The minimum atomic E-state index is -0.533. The molecule has 0 aliphatic rings. The maximum Gasteiger partial charge on any atom is 0.331 e. The predicted octanol–water partition coefficient (Wildman–Crippen LogP) is 5.25. The number of pyridine rings is 1. The Hall–Kier alpha value is -4.20. The summed E-state index contributed by atoms with van der Waals surface area (Å²) in [5, 5.41) is 3.47. The number of hydrogen-bond donors (Lipinski definition) is 2. The van der Waals surface area contributed by atoms with E-state index in [2.05, 4.69) is 58.7 Å². The van der Waals surface area contributed by atoms with Crippen molar-refractivity contribution < 1.29 is 19.2 Å². The summed E-state index contributed by atoms with van der Waals surface area (Å²) in [5.41, 5.74) is 6.29. The number of carbonyl (C=O) groups is 3. The summed E-state index contributed by atoms with van der Waals surface area (Å²) in [6.45, 7) is 5.97. The molecule has 1 unspecified atom stereocenters. The fraction of sp³-hybridized carbons (Fsp3) is 0.310. The number of nitrogens with zero attached hydrogens (tertiary/aromatic N) is 2. The van der Waals surface area contributed by atoms with Crippen LogP contribution in [0.5, 0.6) is 0 Å². The summed E-state index contributed by atoms with van der Waals surface area (Å²) >= 11 is 0. The number of benzene rings is 2. The third-order valence-corrected chi connectivity index (χ3v) is 5.79. The lowest BCUT2D eigenvalue weighted by molar-refractivity contribution is -0.148. The molecule has 0 radical (unpaired) electrons. The van der Waals surface area contributed by atoms with E-state index in [1.54, 1.807) is 38.1 Å². The number of hydroxylamine groups is 1. The molecule has 8 nitrogen and oxygen atoms in total. The van der Waals surface area contributed by atoms with Crippen LogP contribution in [0.2, 0.25) is 0 Å². The van der Waals surface area contributed by atoms with Gasteiger partial charge < -0.3 is 15.1 Å². The van der Waals surface area contributed by atoms with Gasteiger partial charge in [0.15, 0.2) is 0 Å². The molecular formula is C29H34N4O4. The molecule has 1 aromatic heterocycles. The van der Waals surface area contributed by atoms with E-state index in [4.69, 9.17) is 0 Å². The van der Waals surface area contributed by atoms with Gasteiger partial charge in [-0.1, -0.05) is 57.2 Å². The second kappa shape index (κ2) is 12.7. The normalized spacial score (nSPS) is 11.5. The highest BCUT2D eigenvalue weighted by molar-refractivity contribution is 5.94. The number of aromatic nitrogens is 1. The molecule has 0 spiro atoms. The summed E-state index contributed by atoms with van der Waals surface area (Å²) in [7, 11) is 3.48. The molecule has 0 fully saturated rings. The van der Waals surface area contributed by atoms with E-state index in [-0.39, 0.29) is 23.9 Å². The van der Waals surface area contributed by atoms with E-state index < -0.39 is 11.9 Å². The average molecular weight is 503 g/mol. The van der Waals surface area contributed by atoms with Crippen molar-refractivity contribution in [3.05, 3.63) is 83.6 Å². The molecule has 3 rings (SSSR count). The number of hydrogen-bond acceptors (Lipinski definition) is 6. The lowest BCUT2D eigenvalue weighted by Gasteiger charge is -2.22. The summed E-state index contributed by atoms with van der Waals surface area (Å²) in [6.07, 6.45) is 2.50. The molecule has 0 aliphatic heterocycles. The van der Waals surface area contributed by atoms with E-state index in [1.807, 2.05) is 24.3 Å². The Morgan fingerprint density at radius 1 is 0.892 bits per heavy atom. The van der Waals surface area contributed by atoms with E-state index in [1.165, 1.54) is 6.20 Å². The van der Waals surface area contributed by atoms with Crippen LogP contribution in [0.15, 0.2) is 66.9 Å². The molecule has 0 saturated carbocycles. The maximum absolute atomic E-state index is 12.1. The summed E-state index contributed by atoms with van der Waals surface area (Å²) < 4.78 is 0. The van der Waals surface area contributed by atoms with Gasteiger partial charge in [-0.2, -0.15) is 5.48 Å². The Morgan fingerprint density at radius 3 is 2.00 bits per heavy atom. The number of rotatable bonds is 9. The first-order chi connectivity index (χ1) is 17.7. The Morgan fingerprint density at radius 2 is 1.49 bits per heavy atom. The van der Waals surface area contributed by atoms with Gasteiger partial charge in [0.25, 0.3) is 11.8 Å². The van der Waals surface area contributed by atoms with Gasteiger partial charge in [0, 0.05) is 32.3 Å². The molecule has 8 heteroatoms. The molecule has 37 heavy (non-hydrogen) atoms. The Kier molecular flexibility index (Phi) is 9.38. The van der Waals surface area contributed by atoms with Crippen molar-refractivity contribution in [2.45, 2.75) is 39.7 Å². The van der Waals surface area contributed by atoms with Crippen LogP contribution in [0.25, 0.3) is 11.1 Å². The smallest absolute Gasteiger partial charge is 0.331 e. The van der Waals surface area contributed by atoms with Crippen molar-refractivity contribution in [1.82, 2.24) is 15.4 Å². The average Bonchev–Trinajstić information content (AvgIpc) is 2.91. The number of carbonyl (C=O) groups excluding carboxylic acids is 3. The number of nitrogens with one attached hydrogen (secondary N) is 2. The third kappa shape index (κ3) is 7.64. The van der Waals surface area contributed by atoms with Crippen LogP contribution < -0.4 is 10.8 Å². The van der Waals surface area contributed by atoms with E-state index in [9.17, 15) is 14.4 Å². The molecule has 0 saturated heterocycles. The molecule has 2 amide bonds. The quantitative estimate of drug-likeness (QED) is 0.388. The third-order valence-electron chi connectivity index (χ3n) is 5.79. The summed E-state index contributed by atoms with van der Waals surface area (Å²) in [5.74, 6) is 0.00907. The lowest BCUT2D eigenvalue weighted by atomic mass is 9.94. The molecule has 2 N–H and O–H groups in total. The number of amides is 2. The van der Waals surface area contributed by atoms with Gasteiger partial charge in [-0.15, -0.1) is 0 Å². The largest absolute Gasteiger partial charge is 0.363 e. The Balaban J connectivity index is 1.71. The number of anilines is 1. The van der Waals surface area contributed by atoms with Crippen molar-refractivity contribution >= 4 is 23.6 Å². The van der Waals surface area contributed by atoms with Crippen LogP contribution in [-0.4, -0.2) is 41.8 Å². The maximum atomic E-state index is 12.1. The van der Waals surface area contributed by atoms with Crippen LogP contribution in [0.4, 0.5) is 5.82 Å². The highest BCUT2D eigenvalue weighted by Crippen LogP contribution is 2.28. The van der Waals surface area contributed by atoms with E-state index in [0.717, 1.165) is 23.1 Å². The van der Waals surface area contributed by atoms with Gasteiger partial charge >= 0.3 is 5.97 Å². The van der Waals surface area contributed by atoms with Crippen molar-refractivity contribution in [2.75, 3.05) is 19.4 Å². The van der Waals surface area contributed by atoms with Gasteiger partial charge in [-0.3, -0.25) is 9.59 Å². The predicted molar refractivity (Wildman–Crippen MR) is 144 cm³/mol. The fourth-order valence-corrected chi connectivity index (χ4v) is 3.75. The molecule has 0 aliphatic carbocycles. The topological polar surface area (TPSA) is 101 Å². The van der Waals surface area contributed by atoms with Crippen LogP contribution >= 0.6 is 0 Å². The summed E-state index contributed by atoms with van der Waals surface area (Å²) in [6, 6.07) is 19.3. The minimum Gasteiger partial charge on any atom is -0.363 e. The molecule has 1 atom stereocenters. The first-order valence-electron chi connectivity index (χ1n) is 12.3. The van der Waals surface area contributed by atoms with Gasteiger partial charge in [-0.05, 0) is 53.3 Å².